The van der Waals surface area contributed by atoms with Gasteiger partial charge in [-0.05, 0) is 50.3 Å². The van der Waals surface area contributed by atoms with E-state index in [2.05, 4.69) is 10.3 Å². The monoisotopic (exact) mass is 411 g/mol. The highest BCUT2D eigenvalue weighted by molar-refractivity contribution is 7.17. The van der Waals surface area contributed by atoms with E-state index >= 15 is 0 Å². The number of esters is 1. The van der Waals surface area contributed by atoms with Crippen LogP contribution in [0.4, 0.5) is 5.00 Å². The highest BCUT2D eigenvalue weighted by Gasteiger charge is 2.27. The third-order valence-electron chi connectivity index (χ3n) is 4.96. The maximum atomic E-state index is 12.8. The standard InChI is InChI=1S/C21H21N3O4S/c1-2-28-21(27)19-13-7-3-6-10-16(13)29-20(19)23-17(25)12-24-15-9-5-4-8-14(15)22-11-18(24)26/h4-5,8-9,11H,2-3,6-7,10,12H2,1H3,(H,23,25). The second kappa shape index (κ2) is 8.16. The van der Waals surface area contributed by atoms with Crippen LogP contribution in [0, 0.1) is 0 Å². The fourth-order valence-electron chi connectivity index (χ4n) is 3.66. The van der Waals surface area contributed by atoms with E-state index in [-0.39, 0.29) is 24.6 Å². The molecule has 0 bridgehead atoms. The number of para-hydroxylation sites is 2. The Kier molecular flexibility index (Phi) is 5.44. The van der Waals surface area contributed by atoms with E-state index in [1.54, 1.807) is 25.1 Å². The molecule has 2 heterocycles. The van der Waals surface area contributed by atoms with Gasteiger partial charge in [-0.25, -0.2) is 9.78 Å². The molecule has 4 rings (SSSR count). The molecule has 0 saturated carbocycles. The van der Waals surface area contributed by atoms with Crippen molar-refractivity contribution in [1.82, 2.24) is 9.55 Å². The minimum atomic E-state index is -0.409. The van der Waals surface area contributed by atoms with Crippen LogP contribution < -0.4 is 10.9 Å². The van der Waals surface area contributed by atoms with Gasteiger partial charge in [0, 0.05) is 4.88 Å². The number of rotatable bonds is 5. The highest BCUT2D eigenvalue weighted by Crippen LogP contribution is 2.38. The summed E-state index contributed by atoms with van der Waals surface area (Å²) in [7, 11) is 0. The van der Waals surface area contributed by atoms with Gasteiger partial charge in [-0.2, -0.15) is 0 Å². The molecule has 1 N–H and O–H groups in total. The zero-order valence-electron chi connectivity index (χ0n) is 16.1. The average Bonchev–Trinajstić information content (AvgIpc) is 3.08. The van der Waals surface area contributed by atoms with Crippen molar-refractivity contribution >= 4 is 39.2 Å². The van der Waals surface area contributed by atoms with Crippen molar-refractivity contribution in [2.45, 2.75) is 39.2 Å². The van der Waals surface area contributed by atoms with Crippen LogP contribution in [0.25, 0.3) is 11.0 Å². The molecular weight excluding hydrogens is 390 g/mol. The third-order valence-corrected chi connectivity index (χ3v) is 6.17. The van der Waals surface area contributed by atoms with Crippen molar-refractivity contribution < 1.29 is 14.3 Å². The van der Waals surface area contributed by atoms with Gasteiger partial charge in [0.05, 0.1) is 29.4 Å². The summed E-state index contributed by atoms with van der Waals surface area (Å²) in [5.74, 6) is -0.777. The molecule has 0 atom stereocenters. The highest BCUT2D eigenvalue weighted by atomic mass is 32.1. The smallest absolute Gasteiger partial charge is 0.341 e. The minimum Gasteiger partial charge on any atom is -0.462 e. The number of anilines is 1. The summed E-state index contributed by atoms with van der Waals surface area (Å²) in [6.07, 6.45) is 5.01. The molecular formula is C21H21N3O4S. The number of benzene rings is 1. The SMILES string of the molecule is CCOC(=O)c1c(NC(=O)Cn2c(=O)cnc3ccccc32)sc2c1CCCC2. The number of nitrogens with zero attached hydrogens (tertiary/aromatic N) is 2. The zero-order valence-corrected chi connectivity index (χ0v) is 16.9. The van der Waals surface area contributed by atoms with Gasteiger partial charge >= 0.3 is 5.97 Å². The van der Waals surface area contributed by atoms with Crippen molar-refractivity contribution in [2.24, 2.45) is 0 Å². The molecule has 7 nitrogen and oxygen atoms in total. The quantitative estimate of drug-likeness (QED) is 0.652. The maximum absolute atomic E-state index is 12.8. The van der Waals surface area contributed by atoms with Crippen LogP contribution in [0.2, 0.25) is 0 Å². The van der Waals surface area contributed by atoms with E-state index in [4.69, 9.17) is 4.74 Å². The summed E-state index contributed by atoms with van der Waals surface area (Å²) >= 11 is 1.43. The number of aryl methyl sites for hydroxylation is 1. The summed E-state index contributed by atoms with van der Waals surface area (Å²) in [4.78, 5) is 42.8. The molecule has 0 spiro atoms. The summed E-state index contributed by atoms with van der Waals surface area (Å²) in [5, 5.41) is 3.35. The van der Waals surface area contributed by atoms with Gasteiger partial charge in [0.2, 0.25) is 5.91 Å². The molecule has 29 heavy (non-hydrogen) atoms. The molecule has 0 fully saturated rings. The topological polar surface area (TPSA) is 90.3 Å². The lowest BCUT2D eigenvalue weighted by molar-refractivity contribution is -0.116. The summed E-state index contributed by atoms with van der Waals surface area (Å²) in [5.41, 5.74) is 2.33. The van der Waals surface area contributed by atoms with Crippen molar-refractivity contribution in [3.63, 3.8) is 0 Å². The van der Waals surface area contributed by atoms with Gasteiger partial charge in [-0.1, -0.05) is 12.1 Å². The first-order valence-corrected chi connectivity index (χ1v) is 10.5. The number of ether oxygens (including phenoxy) is 1. The molecule has 8 heteroatoms. The summed E-state index contributed by atoms with van der Waals surface area (Å²) < 4.78 is 6.61. The van der Waals surface area contributed by atoms with Crippen molar-refractivity contribution in [3.05, 3.63) is 56.8 Å². The van der Waals surface area contributed by atoms with E-state index in [9.17, 15) is 14.4 Å². The van der Waals surface area contributed by atoms with Crippen molar-refractivity contribution in [1.29, 1.82) is 0 Å². The Hall–Kier alpha value is -3.00. The number of fused-ring (bicyclic) bond motifs is 2. The van der Waals surface area contributed by atoms with Crippen molar-refractivity contribution in [3.8, 4) is 0 Å². The second-order valence-corrected chi connectivity index (χ2v) is 7.96. The van der Waals surface area contributed by atoms with Crippen LogP contribution in [0.5, 0.6) is 0 Å². The molecule has 1 amide bonds. The van der Waals surface area contributed by atoms with Gasteiger partial charge in [-0.15, -0.1) is 11.3 Å². The van der Waals surface area contributed by atoms with Gasteiger partial charge in [0.1, 0.15) is 11.5 Å². The van der Waals surface area contributed by atoms with E-state index in [1.807, 2.05) is 6.07 Å². The number of carbonyl (C=O) groups is 2. The maximum Gasteiger partial charge on any atom is 0.341 e. The largest absolute Gasteiger partial charge is 0.462 e. The second-order valence-electron chi connectivity index (χ2n) is 6.85. The summed E-state index contributed by atoms with van der Waals surface area (Å²) in [6.45, 7) is 1.87. The first-order valence-electron chi connectivity index (χ1n) is 9.64. The van der Waals surface area contributed by atoms with E-state index in [0.717, 1.165) is 36.1 Å². The third kappa shape index (κ3) is 3.80. The van der Waals surface area contributed by atoms with Gasteiger partial charge in [0.15, 0.2) is 0 Å². The van der Waals surface area contributed by atoms with Gasteiger partial charge < -0.3 is 10.1 Å². The Bertz CT molecular complexity index is 1150. The molecule has 0 unspecified atom stereocenters. The molecule has 1 aromatic carbocycles. The number of carbonyl (C=O) groups excluding carboxylic acids is 2. The van der Waals surface area contributed by atoms with Crippen LogP contribution in [0.3, 0.4) is 0 Å². The van der Waals surface area contributed by atoms with Crippen molar-refractivity contribution in [2.75, 3.05) is 11.9 Å². The fourth-order valence-corrected chi connectivity index (χ4v) is 4.95. The Morgan fingerprint density at radius 3 is 2.86 bits per heavy atom. The minimum absolute atomic E-state index is 0.160. The Balaban J connectivity index is 1.64. The van der Waals surface area contributed by atoms with E-state index in [1.165, 1.54) is 22.1 Å². The molecule has 1 aliphatic rings. The number of hydrogen-bond acceptors (Lipinski definition) is 6. The Morgan fingerprint density at radius 1 is 1.24 bits per heavy atom. The predicted octanol–water partition coefficient (Wildman–Crippen LogP) is 3.15. The first kappa shape index (κ1) is 19.3. The van der Waals surface area contributed by atoms with Crippen LogP contribution in [0.15, 0.2) is 35.3 Å². The Labute approximate surface area is 171 Å². The van der Waals surface area contributed by atoms with E-state index < -0.39 is 5.97 Å². The molecule has 0 saturated heterocycles. The van der Waals surface area contributed by atoms with Gasteiger partial charge in [0.25, 0.3) is 5.56 Å². The van der Waals surface area contributed by atoms with E-state index in [0.29, 0.717) is 21.6 Å². The van der Waals surface area contributed by atoms with Crippen LogP contribution in [0.1, 0.15) is 40.6 Å². The number of nitrogens with one attached hydrogen (secondary N) is 1. The number of amides is 1. The average molecular weight is 411 g/mol. The lowest BCUT2D eigenvalue weighted by Gasteiger charge is -2.12. The predicted molar refractivity (Wildman–Crippen MR) is 112 cm³/mol. The zero-order chi connectivity index (χ0) is 20.4. The van der Waals surface area contributed by atoms with Crippen LogP contribution >= 0.6 is 11.3 Å². The first-order chi connectivity index (χ1) is 14.1. The summed E-state index contributed by atoms with van der Waals surface area (Å²) in [6, 6.07) is 7.16. The van der Waals surface area contributed by atoms with Gasteiger partial charge in [-0.3, -0.25) is 14.2 Å². The number of thiophene rings is 1. The molecule has 1 aliphatic carbocycles. The fraction of sp³-hybridized carbons (Fsp3) is 0.333. The lowest BCUT2D eigenvalue weighted by Crippen LogP contribution is -2.28. The normalized spacial score (nSPS) is 13.1. The molecule has 3 aromatic rings. The van der Waals surface area contributed by atoms with Crippen LogP contribution in [-0.4, -0.2) is 28.0 Å². The van der Waals surface area contributed by atoms with Crippen LogP contribution in [-0.2, 0) is 28.9 Å². The number of aromatic nitrogens is 2. The molecule has 0 radical (unpaired) electrons. The molecule has 150 valence electrons. The lowest BCUT2D eigenvalue weighted by atomic mass is 9.95. The number of hydrogen-bond donors (Lipinski definition) is 1. The Morgan fingerprint density at radius 2 is 2.03 bits per heavy atom. The molecule has 2 aromatic heterocycles. The molecule has 0 aliphatic heterocycles.